The maximum absolute atomic E-state index is 12.0. The van der Waals surface area contributed by atoms with Crippen LogP contribution in [-0.2, 0) is 11.3 Å². The van der Waals surface area contributed by atoms with Gasteiger partial charge in [0.15, 0.2) is 5.82 Å². The van der Waals surface area contributed by atoms with Crippen molar-refractivity contribution in [2.75, 3.05) is 7.05 Å². The Hall–Kier alpha value is -1.85. The fraction of sp³-hybridized carbons (Fsp3) is 0.214. The van der Waals surface area contributed by atoms with Crippen LogP contribution in [0, 0.1) is 6.92 Å². The zero-order valence-electron chi connectivity index (χ0n) is 11.6. The molecular weight excluding hydrogens is 311 g/mol. The summed E-state index contributed by atoms with van der Waals surface area (Å²) in [4.78, 5) is 17.7. The minimum Gasteiger partial charge on any atom is -0.335 e. The summed E-state index contributed by atoms with van der Waals surface area (Å²) in [5.41, 5.74) is 0.694. The first-order valence-electron chi connectivity index (χ1n) is 6.22. The second-order valence-corrected chi connectivity index (χ2v) is 5.29. The number of nitrogens with one attached hydrogen (secondary N) is 1. The van der Waals surface area contributed by atoms with Gasteiger partial charge < -0.3 is 4.90 Å². The third kappa shape index (κ3) is 4.06. The highest BCUT2D eigenvalue weighted by molar-refractivity contribution is 6.42. The lowest BCUT2D eigenvalue weighted by atomic mass is 10.2. The monoisotopic (exact) mass is 324 g/mol. The molecule has 0 aliphatic heterocycles. The maximum atomic E-state index is 12.0. The SMILES string of the molecule is Cc1nc(CN(C)C(=O)C=Cc2cccc(Cl)c2Cl)n[nH]1. The summed E-state index contributed by atoms with van der Waals surface area (Å²) in [5.74, 6) is 1.11. The molecule has 0 saturated carbocycles. The van der Waals surface area contributed by atoms with Crippen molar-refractivity contribution >= 4 is 35.2 Å². The van der Waals surface area contributed by atoms with E-state index in [1.165, 1.54) is 11.0 Å². The van der Waals surface area contributed by atoms with Crippen molar-refractivity contribution in [1.29, 1.82) is 0 Å². The first kappa shape index (κ1) is 15.5. The van der Waals surface area contributed by atoms with Crippen LogP contribution in [0.15, 0.2) is 24.3 Å². The van der Waals surface area contributed by atoms with E-state index >= 15 is 0 Å². The lowest BCUT2D eigenvalue weighted by Gasteiger charge is -2.12. The van der Waals surface area contributed by atoms with Crippen molar-refractivity contribution in [2.24, 2.45) is 0 Å². The summed E-state index contributed by atoms with van der Waals surface area (Å²) in [5, 5.41) is 7.61. The van der Waals surface area contributed by atoms with Gasteiger partial charge in [0.25, 0.3) is 0 Å². The van der Waals surface area contributed by atoms with Crippen LogP contribution in [0.3, 0.4) is 0 Å². The number of aryl methyl sites for hydroxylation is 1. The smallest absolute Gasteiger partial charge is 0.246 e. The molecule has 21 heavy (non-hydrogen) atoms. The number of hydrogen-bond acceptors (Lipinski definition) is 3. The van der Waals surface area contributed by atoms with E-state index in [0.717, 1.165) is 0 Å². The van der Waals surface area contributed by atoms with Gasteiger partial charge in [0.2, 0.25) is 5.91 Å². The first-order chi connectivity index (χ1) is 9.97. The Bertz CT molecular complexity index is 681. The normalized spacial score (nSPS) is 11.0. The van der Waals surface area contributed by atoms with Crippen molar-refractivity contribution < 1.29 is 4.79 Å². The molecule has 1 N–H and O–H groups in total. The van der Waals surface area contributed by atoms with Crippen molar-refractivity contribution in [3.05, 3.63) is 51.5 Å². The van der Waals surface area contributed by atoms with Gasteiger partial charge in [-0.2, -0.15) is 5.10 Å². The standard InChI is InChI=1S/C14H14Cl2N4O/c1-9-17-12(19-18-9)8-20(2)13(21)7-6-10-4-3-5-11(15)14(10)16/h3-7H,8H2,1-2H3,(H,17,18,19). The molecule has 0 spiro atoms. The number of carbonyl (C=O) groups excluding carboxylic acids is 1. The van der Waals surface area contributed by atoms with Gasteiger partial charge in [-0.1, -0.05) is 35.3 Å². The predicted molar refractivity (Wildman–Crippen MR) is 83.1 cm³/mol. The van der Waals surface area contributed by atoms with E-state index in [0.29, 0.717) is 33.8 Å². The molecule has 7 heteroatoms. The highest BCUT2D eigenvalue weighted by atomic mass is 35.5. The second kappa shape index (κ2) is 6.74. The number of likely N-dealkylation sites (N-methyl/N-ethyl adjacent to an activating group) is 1. The number of amides is 1. The maximum Gasteiger partial charge on any atom is 0.246 e. The molecule has 1 amide bonds. The van der Waals surface area contributed by atoms with E-state index in [1.54, 1.807) is 38.2 Å². The van der Waals surface area contributed by atoms with Crippen molar-refractivity contribution in [3.8, 4) is 0 Å². The number of halogens is 2. The quantitative estimate of drug-likeness (QED) is 0.879. The molecule has 1 aromatic heterocycles. The highest BCUT2D eigenvalue weighted by Crippen LogP contribution is 2.26. The average Bonchev–Trinajstić information content (AvgIpc) is 2.85. The molecule has 5 nitrogen and oxygen atoms in total. The van der Waals surface area contributed by atoms with Crippen LogP contribution in [0.1, 0.15) is 17.2 Å². The second-order valence-electron chi connectivity index (χ2n) is 4.51. The fourth-order valence-electron chi connectivity index (χ4n) is 1.69. The number of carbonyl (C=O) groups is 1. The molecule has 0 unspecified atom stereocenters. The van der Waals surface area contributed by atoms with E-state index in [4.69, 9.17) is 23.2 Å². The van der Waals surface area contributed by atoms with Gasteiger partial charge in [-0.3, -0.25) is 9.89 Å². The fourth-order valence-corrected chi connectivity index (χ4v) is 2.06. The third-order valence-electron chi connectivity index (χ3n) is 2.79. The number of hydrogen-bond donors (Lipinski definition) is 1. The number of H-pyrrole nitrogens is 1. The summed E-state index contributed by atoms with van der Waals surface area (Å²) in [6.45, 7) is 2.14. The average molecular weight is 325 g/mol. The Morgan fingerprint density at radius 2 is 2.19 bits per heavy atom. The first-order valence-corrected chi connectivity index (χ1v) is 6.98. The van der Waals surface area contributed by atoms with Crippen molar-refractivity contribution in [3.63, 3.8) is 0 Å². The van der Waals surface area contributed by atoms with Crippen LogP contribution < -0.4 is 0 Å². The number of rotatable bonds is 4. The van der Waals surface area contributed by atoms with Gasteiger partial charge in [0.05, 0.1) is 16.6 Å². The summed E-state index contributed by atoms with van der Waals surface area (Å²) >= 11 is 12.0. The van der Waals surface area contributed by atoms with Crippen LogP contribution >= 0.6 is 23.2 Å². The Morgan fingerprint density at radius 1 is 1.43 bits per heavy atom. The summed E-state index contributed by atoms with van der Waals surface area (Å²) in [7, 11) is 1.68. The molecule has 0 saturated heterocycles. The van der Waals surface area contributed by atoms with Crippen LogP contribution in [0.25, 0.3) is 6.08 Å². The molecule has 0 atom stereocenters. The minimum absolute atomic E-state index is 0.173. The minimum atomic E-state index is -0.173. The van der Waals surface area contributed by atoms with Gasteiger partial charge in [-0.05, 0) is 24.6 Å². The summed E-state index contributed by atoms with van der Waals surface area (Å²) in [6.07, 6.45) is 3.08. The molecule has 0 aliphatic carbocycles. The van der Waals surface area contributed by atoms with Crippen molar-refractivity contribution in [2.45, 2.75) is 13.5 Å². The van der Waals surface area contributed by atoms with Crippen LogP contribution in [-0.4, -0.2) is 33.0 Å². The molecule has 0 radical (unpaired) electrons. The van der Waals surface area contributed by atoms with E-state index < -0.39 is 0 Å². The molecule has 2 aromatic rings. The van der Waals surface area contributed by atoms with E-state index in [1.807, 2.05) is 0 Å². The zero-order valence-corrected chi connectivity index (χ0v) is 13.1. The van der Waals surface area contributed by atoms with E-state index in [9.17, 15) is 4.79 Å². The van der Waals surface area contributed by atoms with Crippen molar-refractivity contribution in [1.82, 2.24) is 20.1 Å². The molecule has 0 fully saturated rings. The molecule has 0 aliphatic rings. The van der Waals surface area contributed by atoms with Gasteiger partial charge >= 0.3 is 0 Å². The van der Waals surface area contributed by atoms with Gasteiger partial charge in [-0.15, -0.1) is 0 Å². The highest BCUT2D eigenvalue weighted by Gasteiger charge is 2.09. The number of aromatic amines is 1. The van der Waals surface area contributed by atoms with Crippen LogP contribution in [0.2, 0.25) is 10.0 Å². The number of nitrogens with zero attached hydrogens (tertiary/aromatic N) is 3. The number of aromatic nitrogens is 3. The Labute approximate surface area is 132 Å². The molecule has 2 rings (SSSR count). The summed E-state index contributed by atoms with van der Waals surface area (Å²) < 4.78 is 0. The van der Waals surface area contributed by atoms with E-state index in [-0.39, 0.29) is 5.91 Å². The lowest BCUT2D eigenvalue weighted by molar-refractivity contribution is -0.125. The molecule has 1 heterocycles. The van der Waals surface area contributed by atoms with Crippen LogP contribution in [0.4, 0.5) is 0 Å². The Morgan fingerprint density at radius 3 is 2.86 bits per heavy atom. The largest absolute Gasteiger partial charge is 0.335 e. The molecular formula is C14H14Cl2N4O. The van der Waals surface area contributed by atoms with Gasteiger partial charge in [-0.25, -0.2) is 4.98 Å². The third-order valence-corrected chi connectivity index (χ3v) is 3.62. The molecule has 1 aromatic carbocycles. The van der Waals surface area contributed by atoms with Gasteiger partial charge in [0.1, 0.15) is 5.82 Å². The van der Waals surface area contributed by atoms with E-state index in [2.05, 4.69) is 15.2 Å². The Balaban J connectivity index is 2.03. The zero-order chi connectivity index (χ0) is 15.4. The molecule has 110 valence electrons. The number of benzene rings is 1. The van der Waals surface area contributed by atoms with Gasteiger partial charge in [0, 0.05) is 13.1 Å². The predicted octanol–water partition coefficient (Wildman–Crippen LogP) is 3.09. The lowest BCUT2D eigenvalue weighted by Crippen LogP contribution is -2.24. The molecule has 0 bridgehead atoms. The topological polar surface area (TPSA) is 61.9 Å². The Kier molecular flexibility index (Phi) is 4.98. The summed E-state index contributed by atoms with van der Waals surface area (Å²) in [6, 6.07) is 5.26. The van der Waals surface area contributed by atoms with Crippen LogP contribution in [0.5, 0.6) is 0 Å².